The number of fused-ring (bicyclic) bond motifs is 7. The molecule has 0 spiro atoms. The molecule has 368 valence electrons. The fraction of sp³-hybridized carbons (Fsp3) is 0.179. The number of phenols is 1. The second-order valence-corrected chi connectivity index (χ2v) is 22.6. The molecule has 6 nitrogen and oxygen atoms in total. The van der Waals surface area contributed by atoms with Crippen LogP contribution in [0.5, 0.6) is 5.75 Å². The predicted octanol–water partition coefficient (Wildman–Crippen LogP) is 17.8. The Kier molecular flexibility index (Phi) is 11.9. The standard InChI is InChI=1S/C67H57N4O2.Pt/c1-65(2,3)45-27-28-58(50(35-45)41-21-14-11-15-22-41)71-59-26-18-24-47(61(59)70-64(71)54-36-46(66(4,5)6)37-55(62(54)72)67(7,8)9)43-31-52-51-33-44-39-69-56-25-17-16-23-48(56)49(44)38-60(51)73-63(52)53(32-43)57-34-42(29-30-68-57)40-19-12-10-13-20-40;/h10-31,33-39,72H,1-9H3;/q-1;. The first-order valence-electron chi connectivity index (χ1n) is 25.2. The van der Waals surface area contributed by atoms with Crippen LogP contribution in [0, 0.1) is 6.07 Å². The van der Waals surface area contributed by atoms with Crippen LogP contribution in [0.15, 0.2) is 181 Å². The first kappa shape index (κ1) is 48.6. The van der Waals surface area contributed by atoms with Gasteiger partial charge in [-0.2, -0.15) is 0 Å². The van der Waals surface area contributed by atoms with E-state index >= 15 is 0 Å². The first-order valence-corrected chi connectivity index (χ1v) is 25.2. The Morgan fingerprint density at radius 2 is 1.24 bits per heavy atom. The summed E-state index contributed by atoms with van der Waals surface area (Å²) in [5.74, 6) is 0.876. The van der Waals surface area contributed by atoms with Gasteiger partial charge in [-0.15, -0.1) is 17.7 Å². The van der Waals surface area contributed by atoms with Crippen LogP contribution in [-0.4, -0.2) is 24.6 Å². The van der Waals surface area contributed by atoms with Gasteiger partial charge in [0.2, 0.25) is 0 Å². The van der Waals surface area contributed by atoms with Crippen LogP contribution in [0.25, 0.3) is 116 Å². The number of rotatable bonds is 6. The molecule has 12 aromatic rings. The number of pyridine rings is 2. The van der Waals surface area contributed by atoms with Gasteiger partial charge >= 0.3 is 0 Å². The minimum absolute atomic E-state index is 0. The van der Waals surface area contributed by atoms with Crippen LogP contribution in [0.3, 0.4) is 0 Å². The summed E-state index contributed by atoms with van der Waals surface area (Å²) in [5, 5.41) is 17.8. The largest absolute Gasteiger partial charge is 0.507 e. The fourth-order valence-electron chi connectivity index (χ4n) is 10.5. The van der Waals surface area contributed by atoms with Crippen molar-refractivity contribution in [2.75, 3.05) is 0 Å². The average molecular weight is 1150 g/mol. The van der Waals surface area contributed by atoms with Crippen LogP contribution < -0.4 is 0 Å². The van der Waals surface area contributed by atoms with Crippen molar-refractivity contribution in [2.24, 2.45) is 0 Å². The molecule has 0 radical (unpaired) electrons. The number of furan rings is 1. The molecule has 0 unspecified atom stereocenters. The van der Waals surface area contributed by atoms with Crippen LogP contribution in [0.4, 0.5) is 0 Å². The summed E-state index contributed by atoms with van der Waals surface area (Å²) in [6.07, 6.45) is 3.83. The van der Waals surface area contributed by atoms with E-state index < -0.39 is 0 Å². The SMILES string of the molecule is CC(C)(C)c1ccc(-n2c(-c3cc(C(C)(C)C)cc(C(C)(C)C)c3O)nc3c(-c4[c-]c(-c5cc(-c6ccccc6)ccn5)c5oc6cc7c(cnc8ccccc87)cc6c5c4)cccc32)c(-c2ccccc2)c1.[Pt]. The minimum Gasteiger partial charge on any atom is -0.507 e. The topological polar surface area (TPSA) is 77.0 Å². The molecule has 4 heterocycles. The maximum Gasteiger partial charge on any atom is 0.148 e. The van der Waals surface area contributed by atoms with Crippen molar-refractivity contribution in [3.63, 3.8) is 0 Å². The van der Waals surface area contributed by atoms with Crippen molar-refractivity contribution >= 4 is 54.6 Å². The summed E-state index contributed by atoms with van der Waals surface area (Å²) >= 11 is 0. The predicted molar refractivity (Wildman–Crippen MR) is 303 cm³/mol. The van der Waals surface area contributed by atoms with Gasteiger partial charge in [0.25, 0.3) is 0 Å². The molecule has 0 aliphatic heterocycles. The summed E-state index contributed by atoms with van der Waals surface area (Å²) in [6.45, 7) is 19.9. The Balaban J connectivity index is 0.00000588. The second-order valence-electron chi connectivity index (χ2n) is 22.6. The molecular formula is C67H57N4O2Pt-. The average Bonchev–Trinajstić information content (AvgIpc) is 3.96. The molecule has 0 saturated carbocycles. The van der Waals surface area contributed by atoms with Crippen molar-refractivity contribution < 1.29 is 30.6 Å². The van der Waals surface area contributed by atoms with Gasteiger partial charge in [0.1, 0.15) is 17.2 Å². The number of aromatic hydroxyl groups is 1. The normalized spacial score (nSPS) is 12.3. The van der Waals surface area contributed by atoms with Crippen LogP contribution >= 0.6 is 0 Å². The number of aromatic nitrogens is 4. The Hall–Kier alpha value is -7.66. The third-order valence-corrected chi connectivity index (χ3v) is 14.5. The zero-order valence-electron chi connectivity index (χ0n) is 43.2. The summed E-state index contributed by atoms with van der Waals surface area (Å²) in [7, 11) is 0. The monoisotopic (exact) mass is 1140 g/mol. The van der Waals surface area contributed by atoms with Crippen LogP contribution in [-0.2, 0) is 37.3 Å². The van der Waals surface area contributed by atoms with E-state index in [4.69, 9.17) is 19.4 Å². The maximum absolute atomic E-state index is 12.7. The Morgan fingerprint density at radius 1 is 0.541 bits per heavy atom. The van der Waals surface area contributed by atoms with Gasteiger partial charge in [-0.3, -0.25) is 14.5 Å². The zero-order chi connectivity index (χ0) is 50.6. The minimum atomic E-state index is -0.361. The van der Waals surface area contributed by atoms with Gasteiger partial charge in [-0.25, -0.2) is 4.98 Å². The summed E-state index contributed by atoms with van der Waals surface area (Å²) < 4.78 is 9.26. The molecule has 8 aromatic carbocycles. The molecule has 0 amide bonds. The van der Waals surface area contributed by atoms with Crippen molar-refractivity contribution in [2.45, 2.75) is 78.6 Å². The van der Waals surface area contributed by atoms with Crippen molar-refractivity contribution in [3.05, 3.63) is 199 Å². The van der Waals surface area contributed by atoms with Gasteiger partial charge in [-0.05, 0) is 103 Å². The molecule has 0 atom stereocenters. The molecule has 0 saturated heterocycles. The summed E-state index contributed by atoms with van der Waals surface area (Å²) in [4.78, 5) is 15.6. The molecule has 1 N–H and O–H groups in total. The van der Waals surface area contributed by atoms with E-state index in [0.29, 0.717) is 17.0 Å². The van der Waals surface area contributed by atoms with Gasteiger partial charge in [0, 0.05) is 66.4 Å². The van der Waals surface area contributed by atoms with Gasteiger partial charge < -0.3 is 9.52 Å². The molecule has 74 heavy (non-hydrogen) atoms. The molecular weight excluding hydrogens is 1090 g/mol. The fourth-order valence-corrected chi connectivity index (χ4v) is 10.5. The molecule has 7 heteroatoms. The third kappa shape index (κ3) is 8.40. The summed E-state index contributed by atoms with van der Waals surface area (Å²) in [6, 6.07) is 61.4. The molecule has 12 rings (SSSR count). The quantitative estimate of drug-likeness (QED) is 0.133. The Bertz CT molecular complexity index is 4150. The van der Waals surface area contributed by atoms with Crippen molar-refractivity contribution in [3.8, 4) is 67.5 Å². The molecule has 4 aromatic heterocycles. The number of benzene rings is 8. The van der Waals surface area contributed by atoms with Gasteiger partial charge in [0.15, 0.2) is 0 Å². The second kappa shape index (κ2) is 18.1. The first-order chi connectivity index (χ1) is 35.0. The molecule has 0 aliphatic carbocycles. The zero-order valence-corrected chi connectivity index (χ0v) is 45.5. The van der Waals surface area contributed by atoms with E-state index in [0.717, 1.165) is 111 Å². The van der Waals surface area contributed by atoms with E-state index in [2.05, 4.69) is 212 Å². The van der Waals surface area contributed by atoms with Crippen molar-refractivity contribution in [1.82, 2.24) is 19.5 Å². The van der Waals surface area contributed by atoms with Crippen molar-refractivity contribution in [1.29, 1.82) is 0 Å². The van der Waals surface area contributed by atoms with E-state index in [9.17, 15) is 5.11 Å². The molecule has 0 aliphatic rings. The maximum atomic E-state index is 12.7. The Morgan fingerprint density at radius 3 is 1.97 bits per heavy atom. The summed E-state index contributed by atoms with van der Waals surface area (Å²) in [5.41, 5.74) is 15.7. The third-order valence-electron chi connectivity index (χ3n) is 14.5. The van der Waals surface area contributed by atoms with E-state index in [-0.39, 0.29) is 43.1 Å². The number of para-hydroxylation sites is 2. The van der Waals surface area contributed by atoms with Crippen LogP contribution in [0.2, 0.25) is 0 Å². The number of hydrogen-bond acceptors (Lipinski definition) is 5. The van der Waals surface area contributed by atoms with E-state index in [1.807, 2.05) is 36.7 Å². The van der Waals surface area contributed by atoms with Gasteiger partial charge in [0.05, 0.1) is 33.4 Å². The Labute approximate surface area is 447 Å². The number of hydrogen-bond donors (Lipinski definition) is 1. The number of nitrogens with zero attached hydrogens (tertiary/aromatic N) is 4. The molecule has 0 bridgehead atoms. The van der Waals surface area contributed by atoms with Crippen LogP contribution in [0.1, 0.15) is 79.0 Å². The van der Waals surface area contributed by atoms with Gasteiger partial charge in [-0.1, -0.05) is 183 Å². The number of phenolic OH excluding ortho intramolecular Hbond substituents is 1. The van der Waals surface area contributed by atoms with E-state index in [1.165, 1.54) is 5.56 Å². The van der Waals surface area contributed by atoms with E-state index in [1.54, 1.807) is 0 Å². The molecule has 0 fully saturated rings. The smallest absolute Gasteiger partial charge is 0.148 e. The number of imidazole rings is 1.